The summed E-state index contributed by atoms with van der Waals surface area (Å²) in [6, 6.07) is 6.56. The van der Waals surface area contributed by atoms with Crippen LogP contribution in [0.3, 0.4) is 0 Å². The quantitative estimate of drug-likeness (QED) is 0.855. The lowest BCUT2D eigenvalue weighted by atomic mass is 10.0. The molecule has 1 aromatic rings. The number of nitrogens with one attached hydrogen (secondary N) is 1. The minimum absolute atomic E-state index is 0.0986. The van der Waals surface area contributed by atoms with Crippen LogP contribution >= 0.6 is 0 Å². The van der Waals surface area contributed by atoms with Crippen molar-refractivity contribution in [1.82, 2.24) is 10.2 Å². The molecule has 21 heavy (non-hydrogen) atoms. The highest BCUT2D eigenvalue weighted by Crippen LogP contribution is 2.25. The number of hydrogen-bond acceptors (Lipinski definition) is 2. The van der Waals surface area contributed by atoms with Crippen LogP contribution in [0, 0.1) is 18.7 Å². The van der Waals surface area contributed by atoms with E-state index in [0.29, 0.717) is 6.04 Å². The number of aryl methyl sites for hydroxylation is 1. The van der Waals surface area contributed by atoms with E-state index in [1.165, 1.54) is 13.0 Å². The monoisotopic (exact) mass is 292 g/mol. The normalized spacial score (nSPS) is 24.4. The Morgan fingerprint density at radius 3 is 2.71 bits per heavy atom. The van der Waals surface area contributed by atoms with Gasteiger partial charge in [0.15, 0.2) is 0 Å². The molecular weight excluding hydrogens is 263 g/mol. The molecule has 0 saturated carbocycles. The van der Waals surface area contributed by atoms with E-state index in [1.807, 2.05) is 13.0 Å². The molecule has 3 heteroatoms. The molecule has 0 bridgehead atoms. The molecular formula is C18H29FN2. The van der Waals surface area contributed by atoms with Gasteiger partial charge in [0.2, 0.25) is 0 Å². The van der Waals surface area contributed by atoms with Gasteiger partial charge in [0.1, 0.15) is 5.82 Å². The van der Waals surface area contributed by atoms with Crippen LogP contribution in [0.5, 0.6) is 0 Å². The van der Waals surface area contributed by atoms with E-state index in [2.05, 4.69) is 37.1 Å². The SMILES string of the molecule is CCNC(CCN1CC(C)CC1C)c1ccc(C)c(F)c1. The van der Waals surface area contributed by atoms with Gasteiger partial charge in [-0.05, 0) is 56.3 Å². The fourth-order valence-electron chi connectivity index (χ4n) is 3.45. The van der Waals surface area contributed by atoms with Crippen LogP contribution in [0.25, 0.3) is 0 Å². The Kier molecular flexibility index (Phi) is 5.77. The fourth-order valence-corrected chi connectivity index (χ4v) is 3.45. The zero-order valence-electron chi connectivity index (χ0n) is 13.8. The highest BCUT2D eigenvalue weighted by molar-refractivity contribution is 5.25. The summed E-state index contributed by atoms with van der Waals surface area (Å²) in [6.07, 6.45) is 2.33. The number of nitrogens with zero attached hydrogens (tertiary/aromatic N) is 1. The zero-order valence-corrected chi connectivity index (χ0v) is 13.8. The van der Waals surface area contributed by atoms with Gasteiger partial charge in [-0.2, -0.15) is 0 Å². The van der Waals surface area contributed by atoms with Crippen LogP contribution in [-0.4, -0.2) is 30.6 Å². The van der Waals surface area contributed by atoms with Crippen LogP contribution in [0.4, 0.5) is 4.39 Å². The van der Waals surface area contributed by atoms with Gasteiger partial charge in [-0.1, -0.05) is 26.0 Å². The van der Waals surface area contributed by atoms with E-state index in [0.717, 1.165) is 36.6 Å². The zero-order chi connectivity index (χ0) is 15.4. The predicted molar refractivity (Wildman–Crippen MR) is 87.0 cm³/mol. The summed E-state index contributed by atoms with van der Waals surface area (Å²) in [4.78, 5) is 2.57. The molecule has 0 aliphatic carbocycles. The van der Waals surface area contributed by atoms with Crippen LogP contribution in [-0.2, 0) is 0 Å². The Bertz CT molecular complexity index is 461. The maximum Gasteiger partial charge on any atom is 0.126 e. The van der Waals surface area contributed by atoms with Crippen molar-refractivity contribution in [2.24, 2.45) is 5.92 Å². The smallest absolute Gasteiger partial charge is 0.126 e. The third kappa shape index (κ3) is 4.27. The van der Waals surface area contributed by atoms with Gasteiger partial charge in [0.05, 0.1) is 0 Å². The van der Waals surface area contributed by atoms with E-state index >= 15 is 0 Å². The molecule has 1 heterocycles. The number of rotatable bonds is 6. The molecule has 2 nitrogen and oxygen atoms in total. The highest BCUT2D eigenvalue weighted by Gasteiger charge is 2.26. The molecule has 0 amide bonds. The molecule has 1 saturated heterocycles. The molecule has 3 unspecified atom stereocenters. The third-order valence-electron chi connectivity index (χ3n) is 4.67. The molecule has 2 rings (SSSR count). The van der Waals surface area contributed by atoms with E-state index in [9.17, 15) is 4.39 Å². The third-order valence-corrected chi connectivity index (χ3v) is 4.67. The minimum atomic E-state index is -0.0986. The van der Waals surface area contributed by atoms with Gasteiger partial charge in [0, 0.05) is 25.2 Å². The van der Waals surface area contributed by atoms with Crippen molar-refractivity contribution in [1.29, 1.82) is 0 Å². The van der Waals surface area contributed by atoms with Gasteiger partial charge in [-0.15, -0.1) is 0 Å². The Morgan fingerprint density at radius 1 is 1.38 bits per heavy atom. The molecule has 118 valence electrons. The number of benzene rings is 1. The van der Waals surface area contributed by atoms with Crippen LogP contribution in [0.2, 0.25) is 0 Å². The first-order valence-corrected chi connectivity index (χ1v) is 8.24. The van der Waals surface area contributed by atoms with Gasteiger partial charge < -0.3 is 10.2 Å². The van der Waals surface area contributed by atoms with Gasteiger partial charge in [-0.25, -0.2) is 4.39 Å². The summed E-state index contributed by atoms with van der Waals surface area (Å²) >= 11 is 0. The van der Waals surface area contributed by atoms with Crippen molar-refractivity contribution in [3.63, 3.8) is 0 Å². The highest BCUT2D eigenvalue weighted by atomic mass is 19.1. The Morgan fingerprint density at radius 2 is 2.14 bits per heavy atom. The standard InChI is InChI=1S/C18H29FN2/c1-5-20-18(16-7-6-14(3)17(19)11-16)8-9-21-12-13(2)10-15(21)4/h6-7,11,13,15,18,20H,5,8-10,12H2,1-4H3. The van der Waals surface area contributed by atoms with Crippen molar-refractivity contribution in [3.05, 3.63) is 35.1 Å². The summed E-state index contributed by atoms with van der Waals surface area (Å²) in [5.74, 6) is 0.702. The number of hydrogen-bond donors (Lipinski definition) is 1. The summed E-state index contributed by atoms with van der Waals surface area (Å²) in [5, 5.41) is 3.50. The number of likely N-dealkylation sites (tertiary alicyclic amines) is 1. The lowest BCUT2D eigenvalue weighted by Gasteiger charge is -2.25. The average Bonchev–Trinajstić information content (AvgIpc) is 2.76. The lowest BCUT2D eigenvalue weighted by Crippen LogP contribution is -2.32. The molecule has 0 aromatic heterocycles. The first kappa shape index (κ1) is 16.4. The molecule has 1 aliphatic heterocycles. The summed E-state index contributed by atoms with van der Waals surface area (Å²) < 4.78 is 13.8. The van der Waals surface area contributed by atoms with Gasteiger partial charge in [-0.3, -0.25) is 0 Å². The lowest BCUT2D eigenvalue weighted by molar-refractivity contribution is 0.248. The first-order chi connectivity index (χ1) is 10.0. The topological polar surface area (TPSA) is 15.3 Å². The molecule has 0 radical (unpaired) electrons. The predicted octanol–water partition coefficient (Wildman–Crippen LogP) is 3.91. The molecule has 1 aliphatic rings. The van der Waals surface area contributed by atoms with E-state index < -0.39 is 0 Å². The van der Waals surface area contributed by atoms with Crippen molar-refractivity contribution in [2.75, 3.05) is 19.6 Å². The van der Waals surface area contributed by atoms with Crippen LogP contribution in [0.15, 0.2) is 18.2 Å². The van der Waals surface area contributed by atoms with Crippen molar-refractivity contribution in [3.8, 4) is 0 Å². The van der Waals surface area contributed by atoms with Gasteiger partial charge in [0.25, 0.3) is 0 Å². The second-order valence-electron chi connectivity index (χ2n) is 6.59. The Balaban J connectivity index is 2.00. The van der Waals surface area contributed by atoms with Crippen LogP contribution in [0.1, 0.15) is 50.8 Å². The van der Waals surface area contributed by atoms with Crippen molar-refractivity contribution < 1.29 is 4.39 Å². The summed E-state index contributed by atoms with van der Waals surface area (Å²) in [5.41, 5.74) is 1.79. The average molecular weight is 292 g/mol. The maximum atomic E-state index is 13.8. The molecule has 3 atom stereocenters. The molecule has 1 N–H and O–H groups in total. The second kappa shape index (κ2) is 7.37. The molecule has 1 fully saturated rings. The number of halogens is 1. The maximum absolute atomic E-state index is 13.8. The fraction of sp³-hybridized carbons (Fsp3) is 0.667. The van der Waals surface area contributed by atoms with Crippen molar-refractivity contribution in [2.45, 2.75) is 52.6 Å². The van der Waals surface area contributed by atoms with Gasteiger partial charge >= 0.3 is 0 Å². The second-order valence-corrected chi connectivity index (χ2v) is 6.59. The Hall–Kier alpha value is -0.930. The van der Waals surface area contributed by atoms with Crippen LogP contribution < -0.4 is 5.32 Å². The molecule has 0 spiro atoms. The molecule has 1 aromatic carbocycles. The Labute approximate surface area is 128 Å². The summed E-state index contributed by atoms with van der Waals surface area (Å²) in [6.45, 7) is 11.8. The van der Waals surface area contributed by atoms with Crippen molar-refractivity contribution >= 4 is 0 Å². The summed E-state index contributed by atoms with van der Waals surface area (Å²) in [7, 11) is 0. The van der Waals surface area contributed by atoms with E-state index in [1.54, 1.807) is 6.07 Å². The first-order valence-electron chi connectivity index (χ1n) is 8.24. The van der Waals surface area contributed by atoms with E-state index in [-0.39, 0.29) is 11.9 Å². The largest absolute Gasteiger partial charge is 0.310 e. The van der Waals surface area contributed by atoms with E-state index in [4.69, 9.17) is 0 Å². The minimum Gasteiger partial charge on any atom is -0.310 e.